The summed E-state index contributed by atoms with van der Waals surface area (Å²) in [7, 11) is 0. The van der Waals surface area contributed by atoms with Gasteiger partial charge < -0.3 is 4.90 Å². The third-order valence-corrected chi connectivity index (χ3v) is 14.0. The second-order valence-corrected chi connectivity index (χ2v) is 18.1. The second-order valence-electron chi connectivity index (χ2n) is 18.1. The zero-order chi connectivity index (χ0) is 46.1. The van der Waals surface area contributed by atoms with E-state index < -0.39 is 0 Å². The van der Waals surface area contributed by atoms with Gasteiger partial charge in [-0.15, -0.1) is 0 Å². The van der Waals surface area contributed by atoms with Crippen molar-refractivity contribution in [2.24, 2.45) is 0 Å². The van der Waals surface area contributed by atoms with Crippen LogP contribution in [0.4, 0.5) is 34.3 Å². The normalized spacial score (nSPS) is 11.7. The number of rotatable bonds is 8. The van der Waals surface area contributed by atoms with Crippen molar-refractivity contribution in [2.45, 2.75) is 0 Å². The third-order valence-electron chi connectivity index (χ3n) is 14.0. The minimum atomic E-state index is 0.743. The third kappa shape index (κ3) is 6.67. The molecule has 0 aliphatic rings. The number of benzene rings is 12. The van der Waals surface area contributed by atoms with Crippen molar-refractivity contribution in [2.75, 3.05) is 9.80 Å². The molecular weight excluding hydrogens is 851 g/mol. The first kappa shape index (κ1) is 39.7. The molecule has 0 bridgehead atoms. The molecule has 0 radical (unpaired) electrons. The molecule has 2 aromatic heterocycles. The van der Waals surface area contributed by atoms with Gasteiger partial charge in [0.2, 0.25) is 0 Å². The predicted octanol–water partition coefficient (Wildman–Crippen LogP) is 17.7. The lowest BCUT2D eigenvalue weighted by atomic mass is 9.87. The fraction of sp³-hybridized carbons (Fsp3) is 0. The van der Waals surface area contributed by atoms with Crippen LogP contribution in [0.1, 0.15) is 0 Å². The van der Waals surface area contributed by atoms with Gasteiger partial charge in [0.15, 0.2) is 5.82 Å². The number of nitrogens with zero attached hydrogens (tertiary/aromatic N) is 5. The Morgan fingerprint density at radius 3 is 1.04 bits per heavy atom. The molecular formula is C65H41N5. The molecule has 0 unspecified atom stereocenters. The molecule has 0 amide bonds. The fourth-order valence-electron chi connectivity index (χ4n) is 10.7. The monoisotopic (exact) mass is 891 g/mol. The summed E-state index contributed by atoms with van der Waals surface area (Å²) in [5, 5.41) is 16.6. The largest absolute Gasteiger partial charge is 0.309 e. The van der Waals surface area contributed by atoms with Gasteiger partial charge in [0, 0.05) is 33.9 Å². The number of hydrogen-bond donors (Lipinski definition) is 0. The topological polar surface area (TPSA) is 45.2 Å². The molecule has 326 valence electrons. The Morgan fingerprint density at radius 2 is 0.629 bits per heavy atom. The first-order chi connectivity index (χ1) is 34.7. The molecule has 70 heavy (non-hydrogen) atoms. The van der Waals surface area contributed by atoms with Crippen LogP contribution in [-0.2, 0) is 0 Å². The molecule has 0 spiro atoms. The summed E-state index contributed by atoms with van der Waals surface area (Å²) in [6.07, 6.45) is 5.86. The zero-order valence-electron chi connectivity index (χ0n) is 37.9. The van der Waals surface area contributed by atoms with Crippen molar-refractivity contribution in [3.63, 3.8) is 0 Å². The van der Waals surface area contributed by atoms with Crippen LogP contribution in [0.25, 0.3) is 97.9 Å². The van der Waals surface area contributed by atoms with E-state index in [1.807, 2.05) is 18.6 Å². The van der Waals surface area contributed by atoms with Crippen molar-refractivity contribution in [3.05, 3.63) is 249 Å². The van der Waals surface area contributed by atoms with Crippen LogP contribution in [0.2, 0.25) is 0 Å². The lowest BCUT2D eigenvalue weighted by molar-refractivity contribution is 1.13. The van der Waals surface area contributed by atoms with Crippen molar-refractivity contribution in [1.29, 1.82) is 0 Å². The molecule has 0 fully saturated rings. The summed E-state index contributed by atoms with van der Waals surface area (Å²) in [6, 6.07) is 82.6. The van der Waals surface area contributed by atoms with E-state index in [2.05, 4.69) is 240 Å². The number of anilines is 6. The molecule has 2 heterocycles. The molecule has 0 N–H and O–H groups in total. The van der Waals surface area contributed by atoms with E-state index in [1.165, 1.54) is 53.9 Å². The average Bonchev–Trinajstić information content (AvgIpc) is 3.42. The highest BCUT2D eigenvalue weighted by molar-refractivity contribution is 6.28. The second kappa shape index (κ2) is 16.1. The van der Waals surface area contributed by atoms with Gasteiger partial charge in [-0.2, -0.15) is 0 Å². The van der Waals surface area contributed by atoms with Gasteiger partial charge in [0.05, 0.1) is 35.7 Å². The van der Waals surface area contributed by atoms with Gasteiger partial charge in [-0.25, -0.2) is 4.98 Å². The van der Waals surface area contributed by atoms with Gasteiger partial charge in [0.25, 0.3) is 0 Å². The molecule has 14 rings (SSSR count). The molecule has 0 aliphatic heterocycles. The van der Waals surface area contributed by atoms with Crippen LogP contribution < -0.4 is 9.80 Å². The first-order valence-corrected chi connectivity index (χ1v) is 23.7. The van der Waals surface area contributed by atoms with Crippen LogP contribution >= 0.6 is 0 Å². The Balaban J connectivity index is 0.855. The van der Waals surface area contributed by atoms with Crippen LogP contribution in [0.15, 0.2) is 249 Å². The van der Waals surface area contributed by atoms with Gasteiger partial charge >= 0.3 is 0 Å². The maximum absolute atomic E-state index is 5.25. The van der Waals surface area contributed by atoms with Gasteiger partial charge in [-0.1, -0.05) is 158 Å². The highest BCUT2D eigenvalue weighted by Crippen LogP contribution is 2.45. The van der Waals surface area contributed by atoms with Crippen molar-refractivity contribution in [3.8, 4) is 22.5 Å². The Bertz CT molecular complexity index is 3880. The molecule has 5 nitrogen and oxygen atoms in total. The van der Waals surface area contributed by atoms with Crippen molar-refractivity contribution >= 4 is 110 Å². The van der Waals surface area contributed by atoms with Crippen LogP contribution in [-0.4, -0.2) is 15.0 Å². The molecule has 0 atom stereocenters. The van der Waals surface area contributed by atoms with Crippen molar-refractivity contribution in [1.82, 2.24) is 15.0 Å². The summed E-state index contributed by atoms with van der Waals surface area (Å²) >= 11 is 0. The van der Waals surface area contributed by atoms with E-state index in [1.54, 1.807) is 0 Å². The predicted molar refractivity (Wildman–Crippen MR) is 294 cm³/mol. The molecule has 0 saturated heterocycles. The number of aromatic nitrogens is 3. The van der Waals surface area contributed by atoms with Gasteiger partial charge in [-0.3, -0.25) is 14.9 Å². The van der Waals surface area contributed by atoms with Gasteiger partial charge in [-0.05, 0) is 148 Å². The zero-order valence-corrected chi connectivity index (χ0v) is 37.9. The quantitative estimate of drug-likeness (QED) is 0.142. The van der Waals surface area contributed by atoms with E-state index in [4.69, 9.17) is 15.0 Å². The summed E-state index contributed by atoms with van der Waals surface area (Å²) in [5.41, 5.74) is 9.06. The summed E-state index contributed by atoms with van der Waals surface area (Å²) in [4.78, 5) is 20.1. The summed E-state index contributed by atoms with van der Waals surface area (Å²) in [6.45, 7) is 0. The smallest absolute Gasteiger partial charge is 0.156 e. The van der Waals surface area contributed by atoms with Gasteiger partial charge in [0.1, 0.15) is 0 Å². The lowest BCUT2D eigenvalue weighted by Gasteiger charge is -2.26. The summed E-state index contributed by atoms with van der Waals surface area (Å²) in [5.74, 6) is 0.743. The number of fused-ring (bicyclic) bond motifs is 4. The van der Waals surface area contributed by atoms with E-state index >= 15 is 0 Å². The van der Waals surface area contributed by atoms with Crippen LogP contribution in [0.5, 0.6) is 0 Å². The lowest BCUT2D eigenvalue weighted by Crippen LogP contribution is -2.12. The van der Waals surface area contributed by atoms with Crippen LogP contribution in [0.3, 0.4) is 0 Å². The fourth-order valence-corrected chi connectivity index (χ4v) is 10.7. The Hall–Kier alpha value is -9.45. The SMILES string of the molecule is c1ccc2cc(N(c3ccc(-c4cc5cccc6c(-c7cnc(N(c8ccc9ccccc9c8)c8ccc9ccccc9c8)cn7)cc7cccc4c7c56)nc3)c3ccc4ccccc4c3)ccc2c1. The highest BCUT2D eigenvalue weighted by atomic mass is 15.2. The standard InChI is InChI=1S/C65H41N5/c1-5-15-46-33-52(27-23-42(46)11-1)69(53-28-24-43-12-2-6-16-47(43)34-53)56-31-32-61(66-39-56)59-37-50-19-10-22-58-60(38-51-20-9-21-57(59)64(51)65(50)58)62-40-68-63(41-67-62)70(54-29-25-44-13-3-7-17-48(44)35-54)55-30-26-45-14-4-8-18-49(45)36-55/h1-41H. The molecule has 14 aromatic rings. The maximum atomic E-state index is 5.25. The van der Waals surface area contributed by atoms with Crippen LogP contribution in [0, 0.1) is 0 Å². The molecule has 0 saturated carbocycles. The average molecular weight is 892 g/mol. The number of hydrogen-bond acceptors (Lipinski definition) is 5. The highest BCUT2D eigenvalue weighted by Gasteiger charge is 2.21. The minimum absolute atomic E-state index is 0.743. The maximum Gasteiger partial charge on any atom is 0.156 e. The Labute approximate surface area is 404 Å². The van der Waals surface area contributed by atoms with Crippen molar-refractivity contribution < 1.29 is 0 Å². The summed E-state index contributed by atoms with van der Waals surface area (Å²) < 4.78 is 0. The Kier molecular flexibility index (Phi) is 9.14. The molecule has 5 heteroatoms. The molecule has 0 aliphatic carbocycles. The minimum Gasteiger partial charge on any atom is -0.309 e. The van der Waals surface area contributed by atoms with E-state index in [-0.39, 0.29) is 0 Å². The Morgan fingerprint density at radius 1 is 0.243 bits per heavy atom. The van der Waals surface area contributed by atoms with E-state index in [0.717, 1.165) is 78.3 Å². The van der Waals surface area contributed by atoms with E-state index in [0.29, 0.717) is 0 Å². The number of pyridine rings is 1. The molecule has 12 aromatic carbocycles. The first-order valence-electron chi connectivity index (χ1n) is 23.7. The van der Waals surface area contributed by atoms with E-state index in [9.17, 15) is 0 Å².